The summed E-state index contributed by atoms with van der Waals surface area (Å²) in [4.78, 5) is 14.1. The van der Waals surface area contributed by atoms with Crippen LogP contribution < -0.4 is 10.6 Å². The Hall–Kier alpha value is -1.95. The molecule has 0 bridgehead atoms. The lowest BCUT2D eigenvalue weighted by Gasteiger charge is -2.10. The molecule has 0 saturated heterocycles. The van der Waals surface area contributed by atoms with E-state index in [1.54, 1.807) is 18.4 Å². The van der Waals surface area contributed by atoms with Gasteiger partial charge in [-0.05, 0) is 31.9 Å². The maximum absolute atomic E-state index is 4.32. The molecule has 0 unspecified atom stereocenters. The van der Waals surface area contributed by atoms with Crippen molar-refractivity contribution < 1.29 is 0 Å². The molecule has 0 atom stereocenters. The van der Waals surface area contributed by atoms with Crippen LogP contribution in [0.25, 0.3) is 0 Å². The van der Waals surface area contributed by atoms with E-state index < -0.39 is 0 Å². The van der Waals surface area contributed by atoms with Gasteiger partial charge in [0.25, 0.3) is 0 Å². The lowest BCUT2D eigenvalue weighted by Crippen LogP contribution is -2.37. The molecule has 2 aromatic rings. The van der Waals surface area contributed by atoms with Crippen LogP contribution in [0.1, 0.15) is 21.1 Å². The summed E-state index contributed by atoms with van der Waals surface area (Å²) in [5.41, 5.74) is 2.27. The highest BCUT2D eigenvalue weighted by Crippen LogP contribution is 2.10. The lowest BCUT2D eigenvalue weighted by atomic mass is 10.2. The van der Waals surface area contributed by atoms with Gasteiger partial charge in [-0.25, -0.2) is 4.98 Å². The van der Waals surface area contributed by atoms with E-state index in [9.17, 15) is 0 Å². The first-order valence-corrected chi connectivity index (χ1v) is 7.76. The minimum Gasteiger partial charge on any atom is -0.356 e. The summed E-state index contributed by atoms with van der Waals surface area (Å²) in [6.07, 6.45) is 4.73. The predicted octanol–water partition coefficient (Wildman–Crippen LogP) is 2.06. The molecule has 0 aliphatic heterocycles. The molecule has 2 aromatic heterocycles. The molecule has 112 valence electrons. The maximum Gasteiger partial charge on any atom is 0.191 e. The SMILES string of the molecule is CN=C(NCCc1ccc(C)nc1)NCc1ncc(C)s1. The van der Waals surface area contributed by atoms with Crippen LogP contribution in [0.2, 0.25) is 0 Å². The molecule has 0 amide bonds. The van der Waals surface area contributed by atoms with Gasteiger partial charge in [0.15, 0.2) is 5.96 Å². The molecule has 0 aromatic carbocycles. The molecule has 0 radical (unpaired) electrons. The molecular formula is C15H21N5S. The minimum absolute atomic E-state index is 0.699. The summed E-state index contributed by atoms with van der Waals surface area (Å²) in [6.45, 7) is 5.57. The molecule has 2 heterocycles. The van der Waals surface area contributed by atoms with Gasteiger partial charge in [-0.15, -0.1) is 11.3 Å². The van der Waals surface area contributed by atoms with Gasteiger partial charge in [0, 0.05) is 36.6 Å². The number of guanidine groups is 1. The number of rotatable bonds is 5. The molecule has 21 heavy (non-hydrogen) atoms. The van der Waals surface area contributed by atoms with Crippen LogP contribution in [0, 0.1) is 13.8 Å². The summed E-state index contributed by atoms with van der Waals surface area (Å²) < 4.78 is 0. The van der Waals surface area contributed by atoms with Crippen LogP contribution in [0.4, 0.5) is 0 Å². The van der Waals surface area contributed by atoms with Gasteiger partial charge in [-0.1, -0.05) is 6.07 Å². The average molecular weight is 303 g/mol. The van der Waals surface area contributed by atoms with E-state index >= 15 is 0 Å². The molecule has 0 aliphatic rings. The Balaban J connectivity index is 1.74. The number of nitrogens with zero attached hydrogens (tertiary/aromatic N) is 3. The number of hydrogen-bond donors (Lipinski definition) is 2. The van der Waals surface area contributed by atoms with E-state index in [0.717, 1.165) is 29.6 Å². The molecule has 2 N–H and O–H groups in total. The van der Waals surface area contributed by atoms with Crippen LogP contribution >= 0.6 is 11.3 Å². The number of aliphatic imine (C=N–C) groups is 1. The monoisotopic (exact) mass is 303 g/mol. The van der Waals surface area contributed by atoms with E-state index in [4.69, 9.17) is 0 Å². The molecule has 0 saturated carbocycles. The topological polar surface area (TPSA) is 62.2 Å². The highest BCUT2D eigenvalue weighted by Gasteiger charge is 2.01. The van der Waals surface area contributed by atoms with Crippen molar-refractivity contribution in [3.63, 3.8) is 0 Å². The van der Waals surface area contributed by atoms with Crippen LogP contribution in [0.3, 0.4) is 0 Å². The van der Waals surface area contributed by atoms with Gasteiger partial charge in [-0.3, -0.25) is 9.98 Å². The minimum atomic E-state index is 0.699. The van der Waals surface area contributed by atoms with E-state index in [0.29, 0.717) is 6.54 Å². The highest BCUT2D eigenvalue weighted by atomic mass is 32.1. The standard InChI is InChI=1S/C15H21N5S/c1-11-4-5-13(9-18-11)6-7-17-15(16-3)20-10-14-19-8-12(2)21-14/h4-5,8-9H,6-7,10H2,1-3H3,(H2,16,17,20). The molecule has 2 rings (SSSR count). The van der Waals surface area contributed by atoms with Gasteiger partial charge in [-0.2, -0.15) is 0 Å². The first-order valence-electron chi connectivity index (χ1n) is 6.94. The van der Waals surface area contributed by atoms with Crippen molar-refractivity contribution in [3.8, 4) is 0 Å². The van der Waals surface area contributed by atoms with Crippen LogP contribution in [0.15, 0.2) is 29.5 Å². The number of nitrogens with one attached hydrogen (secondary N) is 2. The number of aryl methyl sites for hydroxylation is 2. The quantitative estimate of drug-likeness (QED) is 0.655. The lowest BCUT2D eigenvalue weighted by molar-refractivity contribution is 0.790. The highest BCUT2D eigenvalue weighted by molar-refractivity contribution is 7.11. The number of pyridine rings is 1. The third kappa shape index (κ3) is 5.15. The van der Waals surface area contributed by atoms with Gasteiger partial charge < -0.3 is 10.6 Å². The van der Waals surface area contributed by atoms with Crippen LogP contribution in [0.5, 0.6) is 0 Å². The summed E-state index contributed by atoms with van der Waals surface area (Å²) in [5, 5.41) is 7.63. The second-order valence-electron chi connectivity index (χ2n) is 4.78. The van der Waals surface area contributed by atoms with E-state index in [-0.39, 0.29) is 0 Å². The summed E-state index contributed by atoms with van der Waals surface area (Å²) in [6, 6.07) is 4.14. The molecular weight excluding hydrogens is 282 g/mol. The van der Waals surface area contributed by atoms with Gasteiger partial charge >= 0.3 is 0 Å². The smallest absolute Gasteiger partial charge is 0.191 e. The Kier molecular flexibility index (Phi) is 5.68. The van der Waals surface area contributed by atoms with Gasteiger partial charge in [0.1, 0.15) is 5.01 Å². The first kappa shape index (κ1) is 15.4. The number of aromatic nitrogens is 2. The largest absolute Gasteiger partial charge is 0.356 e. The van der Waals surface area contributed by atoms with Crippen molar-refractivity contribution >= 4 is 17.3 Å². The van der Waals surface area contributed by atoms with E-state index in [2.05, 4.69) is 38.6 Å². The fraction of sp³-hybridized carbons (Fsp3) is 0.400. The average Bonchev–Trinajstić information content (AvgIpc) is 2.90. The Morgan fingerprint density at radius 1 is 1.19 bits per heavy atom. The fourth-order valence-corrected chi connectivity index (χ4v) is 2.56. The molecule has 0 aliphatic carbocycles. The third-order valence-corrected chi connectivity index (χ3v) is 3.89. The fourth-order valence-electron chi connectivity index (χ4n) is 1.83. The van der Waals surface area contributed by atoms with Crippen LogP contribution in [-0.4, -0.2) is 29.5 Å². The second kappa shape index (κ2) is 7.73. The van der Waals surface area contributed by atoms with Gasteiger partial charge in [0.2, 0.25) is 0 Å². The normalized spacial score (nSPS) is 11.5. The Morgan fingerprint density at radius 2 is 2.05 bits per heavy atom. The summed E-state index contributed by atoms with van der Waals surface area (Å²) in [5.74, 6) is 0.794. The number of thiazole rings is 1. The summed E-state index contributed by atoms with van der Waals surface area (Å²) >= 11 is 1.70. The zero-order chi connectivity index (χ0) is 15.1. The second-order valence-corrected chi connectivity index (χ2v) is 6.09. The molecule has 5 nitrogen and oxygen atoms in total. The third-order valence-electron chi connectivity index (χ3n) is 2.98. The predicted molar refractivity (Wildman–Crippen MR) is 87.7 cm³/mol. The van der Waals surface area contributed by atoms with Crippen molar-refractivity contribution in [3.05, 3.63) is 45.7 Å². The van der Waals surface area contributed by atoms with Crippen molar-refractivity contribution in [2.24, 2.45) is 4.99 Å². The maximum atomic E-state index is 4.32. The van der Waals surface area contributed by atoms with Crippen molar-refractivity contribution in [1.29, 1.82) is 0 Å². The molecule has 0 spiro atoms. The first-order chi connectivity index (χ1) is 10.2. The Bertz CT molecular complexity index is 588. The van der Waals surface area contributed by atoms with E-state index in [1.165, 1.54) is 10.4 Å². The Labute approximate surface area is 129 Å². The number of hydrogen-bond acceptors (Lipinski definition) is 4. The van der Waals surface area contributed by atoms with Gasteiger partial charge in [0.05, 0.1) is 6.54 Å². The van der Waals surface area contributed by atoms with E-state index in [1.807, 2.05) is 25.4 Å². The van der Waals surface area contributed by atoms with Crippen molar-refractivity contribution in [2.75, 3.05) is 13.6 Å². The summed E-state index contributed by atoms with van der Waals surface area (Å²) in [7, 11) is 1.77. The zero-order valence-electron chi connectivity index (χ0n) is 12.7. The Morgan fingerprint density at radius 3 is 2.67 bits per heavy atom. The van der Waals surface area contributed by atoms with Crippen molar-refractivity contribution in [2.45, 2.75) is 26.8 Å². The molecule has 6 heteroatoms. The zero-order valence-corrected chi connectivity index (χ0v) is 13.5. The van der Waals surface area contributed by atoms with Crippen molar-refractivity contribution in [1.82, 2.24) is 20.6 Å². The molecule has 0 fully saturated rings. The van der Waals surface area contributed by atoms with Crippen LogP contribution in [-0.2, 0) is 13.0 Å².